The standard InChI is InChI=1S/C12H16N2O4/c1-16-12(15)9-6-13-10(14-7-9)8-18-11-4-2-3-5-17-11/h6-7,11H,2-5,8H2,1H3. The molecule has 6 heteroatoms. The van der Waals surface area contributed by atoms with Crippen LogP contribution in [0.25, 0.3) is 0 Å². The summed E-state index contributed by atoms with van der Waals surface area (Å²) in [6, 6.07) is 0. The van der Waals surface area contributed by atoms with E-state index in [0.29, 0.717) is 11.4 Å². The Hall–Kier alpha value is -1.53. The van der Waals surface area contributed by atoms with Gasteiger partial charge in [0.05, 0.1) is 12.7 Å². The van der Waals surface area contributed by atoms with Gasteiger partial charge in [0.2, 0.25) is 0 Å². The van der Waals surface area contributed by atoms with E-state index < -0.39 is 5.97 Å². The summed E-state index contributed by atoms with van der Waals surface area (Å²) in [4.78, 5) is 19.3. The fraction of sp³-hybridized carbons (Fsp3) is 0.583. The van der Waals surface area contributed by atoms with Crippen molar-refractivity contribution in [3.05, 3.63) is 23.8 Å². The second-order valence-corrected chi connectivity index (χ2v) is 3.99. The van der Waals surface area contributed by atoms with Gasteiger partial charge in [-0.3, -0.25) is 0 Å². The van der Waals surface area contributed by atoms with Crippen LogP contribution >= 0.6 is 0 Å². The third-order valence-corrected chi connectivity index (χ3v) is 2.66. The van der Waals surface area contributed by atoms with Gasteiger partial charge < -0.3 is 14.2 Å². The third-order valence-electron chi connectivity index (χ3n) is 2.66. The van der Waals surface area contributed by atoms with E-state index in [2.05, 4.69) is 14.7 Å². The van der Waals surface area contributed by atoms with Gasteiger partial charge >= 0.3 is 5.97 Å². The first-order chi connectivity index (χ1) is 8.79. The van der Waals surface area contributed by atoms with Crippen molar-refractivity contribution in [3.63, 3.8) is 0 Å². The number of methoxy groups -OCH3 is 1. The lowest BCUT2D eigenvalue weighted by atomic mass is 10.2. The lowest BCUT2D eigenvalue weighted by molar-refractivity contribution is -0.170. The molecule has 0 radical (unpaired) electrons. The molecule has 1 aromatic heterocycles. The first-order valence-corrected chi connectivity index (χ1v) is 5.92. The van der Waals surface area contributed by atoms with Crippen molar-refractivity contribution in [3.8, 4) is 0 Å². The van der Waals surface area contributed by atoms with Crippen LogP contribution in [0.15, 0.2) is 12.4 Å². The predicted octanol–water partition coefficient (Wildman–Crippen LogP) is 1.31. The van der Waals surface area contributed by atoms with Gasteiger partial charge in [-0.2, -0.15) is 0 Å². The number of ether oxygens (including phenoxy) is 3. The van der Waals surface area contributed by atoms with Crippen LogP contribution in [0.5, 0.6) is 0 Å². The summed E-state index contributed by atoms with van der Waals surface area (Å²) >= 11 is 0. The molecule has 0 spiro atoms. The fourth-order valence-corrected chi connectivity index (χ4v) is 1.66. The molecule has 1 aliphatic rings. The molecule has 1 unspecified atom stereocenters. The van der Waals surface area contributed by atoms with Crippen LogP contribution in [0, 0.1) is 0 Å². The molecule has 1 aromatic rings. The summed E-state index contributed by atoms with van der Waals surface area (Å²) in [5.41, 5.74) is 0.329. The zero-order valence-corrected chi connectivity index (χ0v) is 10.3. The maximum absolute atomic E-state index is 11.2. The molecule has 0 aromatic carbocycles. The Balaban J connectivity index is 1.84. The van der Waals surface area contributed by atoms with Crippen LogP contribution in [0.3, 0.4) is 0 Å². The Bertz CT molecular complexity index is 388. The molecule has 1 atom stereocenters. The molecule has 2 heterocycles. The number of rotatable bonds is 4. The predicted molar refractivity (Wildman–Crippen MR) is 61.8 cm³/mol. The highest BCUT2D eigenvalue weighted by Crippen LogP contribution is 2.14. The van der Waals surface area contributed by atoms with E-state index in [9.17, 15) is 4.79 Å². The van der Waals surface area contributed by atoms with E-state index in [1.54, 1.807) is 0 Å². The second kappa shape index (κ2) is 6.42. The van der Waals surface area contributed by atoms with Gasteiger partial charge in [-0.25, -0.2) is 14.8 Å². The van der Waals surface area contributed by atoms with Crippen molar-refractivity contribution in [2.45, 2.75) is 32.2 Å². The molecule has 1 aliphatic heterocycles. The maximum atomic E-state index is 11.2. The average Bonchev–Trinajstić information content (AvgIpc) is 2.46. The van der Waals surface area contributed by atoms with Crippen molar-refractivity contribution in [2.75, 3.05) is 13.7 Å². The number of nitrogens with zero attached hydrogens (tertiary/aromatic N) is 2. The van der Waals surface area contributed by atoms with E-state index in [4.69, 9.17) is 9.47 Å². The lowest BCUT2D eigenvalue weighted by Gasteiger charge is -2.22. The summed E-state index contributed by atoms with van der Waals surface area (Å²) in [7, 11) is 1.32. The first-order valence-electron chi connectivity index (χ1n) is 5.92. The van der Waals surface area contributed by atoms with Gasteiger partial charge in [-0.1, -0.05) is 0 Å². The SMILES string of the molecule is COC(=O)c1cnc(COC2CCCCO2)nc1. The average molecular weight is 252 g/mol. The topological polar surface area (TPSA) is 70.5 Å². The molecular formula is C12H16N2O4. The molecule has 6 nitrogen and oxygen atoms in total. The Morgan fingerprint density at radius 2 is 2.22 bits per heavy atom. The van der Waals surface area contributed by atoms with E-state index in [1.807, 2.05) is 0 Å². The van der Waals surface area contributed by atoms with E-state index >= 15 is 0 Å². The van der Waals surface area contributed by atoms with Crippen molar-refractivity contribution in [1.29, 1.82) is 0 Å². The zero-order valence-electron chi connectivity index (χ0n) is 10.3. The van der Waals surface area contributed by atoms with Gasteiger partial charge in [0, 0.05) is 19.0 Å². The molecule has 98 valence electrons. The Kier molecular flexibility index (Phi) is 4.60. The highest BCUT2D eigenvalue weighted by atomic mass is 16.7. The van der Waals surface area contributed by atoms with E-state index in [-0.39, 0.29) is 12.9 Å². The van der Waals surface area contributed by atoms with Crippen LogP contribution in [0.4, 0.5) is 0 Å². The molecule has 18 heavy (non-hydrogen) atoms. The number of carbonyl (C=O) groups is 1. The monoisotopic (exact) mass is 252 g/mol. The Morgan fingerprint density at radius 1 is 1.44 bits per heavy atom. The van der Waals surface area contributed by atoms with Crippen LogP contribution in [-0.2, 0) is 20.8 Å². The van der Waals surface area contributed by atoms with Crippen molar-refractivity contribution >= 4 is 5.97 Å². The highest BCUT2D eigenvalue weighted by Gasteiger charge is 2.14. The van der Waals surface area contributed by atoms with Crippen molar-refractivity contribution in [2.24, 2.45) is 0 Å². The maximum Gasteiger partial charge on any atom is 0.341 e. The number of hydrogen-bond acceptors (Lipinski definition) is 6. The Labute approximate surface area is 105 Å². The molecular weight excluding hydrogens is 236 g/mol. The molecule has 0 amide bonds. The van der Waals surface area contributed by atoms with Gasteiger partial charge in [0.25, 0.3) is 0 Å². The van der Waals surface area contributed by atoms with E-state index in [0.717, 1.165) is 25.9 Å². The molecule has 1 fully saturated rings. The van der Waals surface area contributed by atoms with Gasteiger partial charge in [-0.05, 0) is 19.3 Å². The van der Waals surface area contributed by atoms with Crippen LogP contribution < -0.4 is 0 Å². The number of aromatic nitrogens is 2. The number of hydrogen-bond donors (Lipinski definition) is 0. The molecule has 0 bridgehead atoms. The molecule has 2 rings (SSSR count). The highest BCUT2D eigenvalue weighted by molar-refractivity contribution is 5.88. The lowest BCUT2D eigenvalue weighted by Crippen LogP contribution is -2.22. The van der Waals surface area contributed by atoms with Gasteiger partial charge in [0.1, 0.15) is 6.61 Å². The molecule has 1 saturated heterocycles. The quantitative estimate of drug-likeness (QED) is 0.752. The first kappa shape index (κ1) is 12.9. The van der Waals surface area contributed by atoms with Gasteiger partial charge in [0.15, 0.2) is 12.1 Å². The van der Waals surface area contributed by atoms with Crippen LogP contribution in [0.2, 0.25) is 0 Å². The minimum atomic E-state index is -0.446. The normalized spacial score (nSPS) is 19.5. The van der Waals surface area contributed by atoms with Crippen molar-refractivity contribution < 1.29 is 19.0 Å². The summed E-state index contributed by atoms with van der Waals surface area (Å²) < 4.78 is 15.5. The van der Waals surface area contributed by atoms with Crippen LogP contribution in [-0.4, -0.2) is 35.9 Å². The van der Waals surface area contributed by atoms with Crippen LogP contribution in [0.1, 0.15) is 35.4 Å². The van der Waals surface area contributed by atoms with Crippen molar-refractivity contribution in [1.82, 2.24) is 9.97 Å². The van der Waals surface area contributed by atoms with E-state index in [1.165, 1.54) is 19.5 Å². The summed E-state index contributed by atoms with van der Waals surface area (Å²) in [6.07, 6.45) is 5.80. The van der Waals surface area contributed by atoms with Gasteiger partial charge in [-0.15, -0.1) is 0 Å². The molecule has 0 N–H and O–H groups in total. The number of carbonyl (C=O) groups excluding carboxylic acids is 1. The summed E-state index contributed by atoms with van der Waals surface area (Å²) in [6.45, 7) is 1.03. The third kappa shape index (κ3) is 3.48. The minimum absolute atomic E-state index is 0.164. The summed E-state index contributed by atoms with van der Waals surface area (Å²) in [5.74, 6) is 0.0786. The molecule has 0 saturated carbocycles. The smallest absolute Gasteiger partial charge is 0.341 e. The minimum Gasteiger partial charge on any atom is -0.465 e. The second-order valence-electron chi connectivity index (χ2n) is 3.99. The Morgan fingerprint density at radius 3 is 2.83 bits per heavy atom. The largest absolute Gasteiger partial charge is 0.465 e. The summed E-state index contributed by atoms with van der Waals surface area (Å²) in [5, 5.41) is 0. The fourth-order valence-electron chi connectivity index (χ4n) is 1.66. The molecule has 0 aliphatic carbocycles. The zero-order chi connectivity index (χ0) is 12.8. The number of esters is 1.